The first kappa shape index (κ1) is 13.4. The van der Waals surface area contributed by atoms with Gasteiger partial charge in [0, 0.05) is 19.6 Å². The minimum atomic E-state index is -3.23. The summed E-state index contributed by atoms with van der Waals surface area (Å²) in [6.07, 6.45) is 6.62. The zero-order valence-electron chi connectivity index (χ0n) is 11.1. The van der Waals surface area contributed by atoms with E-state index >= 15 is 0 Å². The van der Waals surface area contributed by atoms with Crippen LogP contribution in [0.25, 0.3) is 0 Å². The molecule has 8 heteroatoms. The van der Waals surface area contributed by atoms with E-state index in [1.54, 1.807) is 17.3 Å². The molecule has 2 fully saturated rings. The number of hydrogen-bond donors (Lipinski definition) is 0. The number of amides is 1. The van der Waals surface area contributed by atoms with Crippen LogP contribution in [-0.4, -0.2) is 54.5 Å². The molecule has 2 aliphatic rings. The standard InChI is InChI=1S/C12H16N4O3S/c1-20(18,19)15-6-9-2-3-16(12(17)11(9)7-15)10-4-13-8-14-5-10/h4-5,8-9,11H,2-3,6-7H2,1H3/t9-,11+/m0/s1. The maximum Gasteiger partial charge on any atom is 0.231 e. The SMILES string of the molecule is CS(=O)(=O)N1C[C@@H]2CCN(c3cncnc3)C(=O)[C@@H]2C1. The van der Waals surface area contributed by atoms with Gasteiger partial charge in [-0.2, -0.15) is 0 Å². The number of rotatable bonds is 2. The predicted octanol–water partition coefficient (Wildman–Crippen LogP) is -0.279. The number of fused-ring (bicyclic) bond motifs is 1. The molecule has 1 aromatic rings. The molecule has 3 heterocycles. The van der Waals surface area contributed by atoms with Gasteiger partial charge >= 0.3 is 0 Å². The average molecular weight is 296 g/mol. The molecule has 1 amide bonds. The Kier molecular flexibility index (Phi) is 3.21. The molecule has 1 aromatic heterocycles. The van der Waals surface area contributed by atoms with Crippen molar-refractivity contribution in [1.29, 1.82) is 0 Å². The Hall–Kier alpha value is -1.54. The average Bonchev–Trinajstić information content (AvgIpc) is 2.85. The lowest BCUT2D eigenvalue weighted by atomic mass is 9.88. The van der Waals surface area contributed by atoms with Crippen molar-refractivity contribution in [1.82, 2.24) is 14.3 Å². The molecular weight excluding hydrogens is 280 g/mol. The number of sulfonamides is 1. The normalized spacial score (nSPS) is 27.6. The first-order valence-corrected chi connectivity index (χ1v) is 8.33. The molecule has 0 aliphatic carbocycles. The maximum atomic E-state index is 12.5. The van der Waals surface area contributed by atoms with Crippen LogP contribution in [0.15, 0.2) is 18.7 Å². The molecule has 0 unspecified atom stereocenters. The second-order valence-corrected chi connectivity index (χ2v) is 7.30. The summed E-state index contributed by atoms with van der Waals surface area (Å²) in [5.74, 6) is -0.154. The van der Waals surface area contributed by atoms with Gasteiger partial charge in [-0.3, -0.25) is 4.79 Å². The van der Waals surface area contributed by atoms with Crippen molar-refractivity contribution in [3.8, 4) is 0 Å². The number of nitrogens with zero attached hydrogens (tertiary/aromatic N) is 4. The van der Waals surface area contributed by atoms with Gasteiger partial charge in [-0.1, -0.05) is 0 Å². The Morgan fingerprint density at radius 1 is 1.25 bits per heavy atom. The number of carbonyl (C=O) groups excluding carboxylic acids is 1. The van der Waals surface area contributed by atoms with E-state index in [1.165, 1.54) is 16.9 Å². The second-order valence-electron chi connectivity index (χ2n) is 5.32. The third-order valence-electron chi connectivity index (χ3n) is 4.04. The van der Waals surface area contributed by atoms with Gasteiger partial charge in [0.05, 0.1) is 30.3 Å². The minimum Gasteiger partial charge on any atom is -0.309 e. The largest absolute Gasteiger partial charge is 0.309 e. The molecule has 2 aliphatic heterocycles. The van der Waals surface area contributed by atoms with Gasteiger partial charge in [-0.25, -0.2) is 22.7 Å². The van der Waals surface area contributed by atoms with Crippen LogP contribution in [0.1, 0.15) is 6.42 Å². The first-order valence-electron chi connectivity index (χ1n) is 6.48. The van der Waals surface area contributed by atoms with E-state index in [0.29, 0.717) is 18.8 Å². The highest BCUT2D eigenvalue weighted by molar-refractivity contribution is 7.88. The highest BCUT2D eigenvalue weighted by Crippen LogP contribution is 2.34. The Morgan fingerprint density at radius 3 is 2.60 bits per heavy atom. The van der Waals surface area contributed by atoms with Gasteiger partial charge in [-0.15, -0.1) is 0 Å². The van der Waals surface area contributed by atoms with E-state index in [9.17, 15) is 13.2 Å². The van der Waals surface area contributed by atoms with Crippen molar-refractivity contribution in [2.45, 2.75) is 6.42 Å². The fraction of sp³-hybridized carbons (Fsp3) is 0.583. The summed E-state index contributed by atoms with van der Waals surface area (Å²) >= 11 is 0. The summed E-state index contributed by atoms with van der Waals surface area (Å²) in [4.78, 5) is 22.0. The van der Waals surface area contributed by atoms with E-state index in [2.05, 4.69) is 9.97 Å². The molecule has 0 radical (unpaired) electrons. The van der Waals surface area contributed by atoms with Crippen molar-refractivity contribution in [3.63, 3.8) is 0 Å². The smallest absolute Gasteiger partial charge is 0.231 e. The third kappa shape index (κ3) is 2.29. The number of hydrogen-bond acceptors (Lipinski definition) is 5. The van der Waals surface area contributed by atoms with Gasteiger partial charge in [0.1, 0.15) is 6.33 Å². The molecule has 2 atom stereocenters. The molecule has 0 spiro atoms. The van der Waals surface area contributed by atoms with Crippen molar-refractivity contribution >= 4 is 21.6 Å². The molecule has 7 nitrogen and oxygen atoms in total. The van der Waals surface area contributed by atoms with E-state index in [-0.39, 0.29) is 24.3 Å². The Bertz CT molecular complexity index is 619. The quantitative estimate of drug-likeness (QED) is 0.749. The van der Waals surface area contributed by atoms with Crippen LogP contribution in [0.3, 0.4) is 0 Å². The molecule has 108 valence electrons. The van der Waals surface area contributed by atoms with Crippen LogP contribution in [-0.2, 0) is 14.8 Å². The van der Waals surface area contributed by atoms with Crippen molar-refractivity contribution in [3.05, 3.63) is 18.7 Å². The van der Waals surface area contributed by atoms with Gasteiger partial charge in [0.25, 0.3) is 0 Å². The first-order chi connectivity index (χ1) is 9.47. The molecule has 0 aromatic carbocycles. The third-order valence-corrected chi connectivity index (χ3v) is 5.28. The van der Waals surface area contributed by atoms with E-state index in [1.807, 2.05) is 0 Å². The topological polar surface area (TPSA) is 83.5 Å². The van der Waals surface area contributed by atoms with Crippen LogP contribution < -0.4 is 4.90 Å². The molecule has 0 N–H and O–H groups in total. The van der Waals surface area contributed by atoms with Gasteiger partial charge in [-0.05, 0) is 12.3 Å². The van der Waals surface area contributed by atoms with Gasteiger partial charge in [0.15, 0.2) is 0 Å². The Labute approximate surface area is 117 Å². The van der Waals surface area contributed by atoms with Crippen LogP contribution in [0, 0.1) is 11.8 Å². The lowest BCUT2D eigenvalue weighted by molar-refractivity contribution is -0.124. The summed E-state index contributed by atoms with van der Waals surface area (Å²) in [7, 11) is -3.23. The molecule has 2 saturated heterocycles. The van der Waals surface area contributed by atoms with Gasteiger partial charge in [0.2, 0.25) is 15.9 Å². The van der Waals surface area contributed by atoms with Crippen LogP contribution in [0.4, 0.5) is 5.69 Å². The summed E-state index contributed by atoms with van der Waals surface area (Å²) in [5, 5.41) is 0. The van der Waals surface area contributed by atoms with E-state index in [4.69, 9.17) is 0 Å². The molecular formula is C12H16N4O3S. The maximum absolute atomic E-state index is 12.5. The monoisotopic (exact) mass is 296 g/mol. The summed E-state index contributed by atoms with van der Waals surface area (Å²) < 4.78 is 24.6. The van der Waals surface area contributed by atoms with Crippen molar-refractivity contribution in [2.75, 3.05) is 30.8 Å². The van der Waals surface area contributed by atoms with E-state index < -0.39 is 10.0 Å². The number of anilines is 1. The minimum absolute atomic E-state index is 0.0257. The molecule has 20 heavy (non-hydrogen) atoms. The lowest BCUT2D eigenvalue weighted by Crippen LogP contribution is -2.45. The van der Waals surface area contributed by atoms with Crippen molar-refractivity contribution < 1.29 is 13.2 Å². The fourth-order valence-electron chi connectivity index (χ4n) is 2.97. The highest BCUT2D eigenvalue weighted by atomic mass is 32.2. The summed E-state index contributed by atoms with van der Waals surface area (Å²) in [6, 6.07) is 0. The molecule has 0 bridgehead atoms. The number of aromatic nitrogens is 2. The zero-order chi connectivity index (χ0) is 14.3. The molecule has 0 saturated carbocycles. The zero-order valence-corrected chi connectivity index (χ0v) is 12.0. The summed E-state index contributed by atoms with van der Waals surface area (Å²) in [6.45, 7) is 1.33. The highest BCUT2D eigenvalue weighted by Gasteiger charge is 2.45. The summed E-state index contributed by atoms with van der Waals surface area (Å²) in [5.41, 5.74) is 0.675. The van der Waals surface area contributed by atoms with Gasteiger partial charge < -0.3 is 4.90 Å². The molecule has 3 rings (SSSR count). The Morgan fingerprint density at radius 2 is 1.95 bits per heavy atom. The van der Waals surface area contributed by atoms with Crippen LogP contribution >= 0.6 is 0 Å². The van der Waals surface area contributed by atoms with E-state index in [0.717, 1.165) is 6.42 Å². The predicted molar refractivity (Wildman–Crippen MR) is 72.4 cm³/mol. The number of piperidine rings is 1. The van der Waals surface area contributed by atoms with Crippen molar-refractivity contribution in [2.24, 2.45) is 11.8 Å². The Balaban J connectivity index is 1.82. The van der Waals surface area contributed by atoms with Crippen LogP contribution in [0.5, 0.6) is 0 Å². The van der Waals surface area contributed by atoms with Crippen LogP contribution in [0.2, 0.25) is 0 Å². The number of carbonyl (C=O) groups is 1. The fourth-order valence-corrected chi connectivity index (χ4v) is 3.86. The second kappa shape index (κ2) is 4.78. The lowest BCUT2D eigenvalue weighted by Gasteiger charge is -2.33.